The molecule has 0 N–H and O–H groups in total. The van der Waals surface area contributed by atoms with Gasteiger partial charge in [0.05, 0.1) is 0 Å². The maximum Gasteiger partial charge on any atom is -0.0228 e. The van der Waals surface area contributed by atoms with E-state index in [1.54, 1.807) is 5.57 Å². The minimum Gasteiger partial charge on any atom is -0.0805 e. The molecule has 1 aliphatic carbocycles. The van der Waals surface area contributed by atoms with Crippen molar-refractivity contribution in [2.75, 3.05) is 0 Å². The van der Waals surface area contributed by atoms with Crippen LogP contribution in [0.25, 0.3) is 5.57 Å². The summed E-state index contributed by atoms with van der Waals surface area (Å²) in [5.74, 6) is 0.877. The summed E-state index contributed by atoms with van der Waals surface area (Å²) in [4.78, 5) is 0. The summed E-state index contributed by atoms with van der Waals surface area (Å²) in [7, 11) is 0. The molecule has 0 heteroatoms. The van der Waals surface area contributed by atoms with Crippen LogP contribution in [0.1, 0.15) is 57.1 Å². The molecule has 0 saturated carbocycles. The van der Waals surface area contributed by atoms with E-state index < -0.39 is 0 Å². The highest BCUT2D eigenvalue weighted by atomic mass is 14.2. The van der Waals surface area contributed by atoms with Gasteiger partial charge in [0.25, 0.3) is 0 Å². The molecule has 1 aromatic rings. The molecule has 17 heavy (non-hydrogen) atoms. The summed E-state index contributed by atoms with van der Waals surface area (Å²) in [6.07, 6.45) is 10.1. The van der Waals surface area contributed by atoms with Gasteiger partial charge in [0.2, 0.25) is 0 Å². The van der Waals surface area contributed by atoms with Gasteiger partial charge in [-0.25, -0.2) is 0 Å². The zero-order valence-corrected chi connectivity index (χ0v) is 11.2. The molecule has 0 aromatic heterocycles. The van der Waals surface area contributed by atoms with Crippen molar-refractivity contribution in [1.82, 2.24) is 0 Å². The maximum atomic E-state index is 2.44. The van der Waals surface area contributed by atoms with Gasteiger partial charge in [-0.15, -0.1) is 0 Å². The highest BCUT2D eigenvalue weighted by molar-refractivity contribution is 5.66. The predicted molar refractivity (Wildman–Crippen MR) is 76.0 cm³/mol. The monoisotopic (exact) mass is 228 g/mol. The second-order valence-electron chi connectivity index (χ2n) is 5.41. The molecule has 0 heterocycles. The van der Waals surface area contributed by atoms with Gasteiger partial charge in [0, 0.05) is 0 Å². The van der Waals surface area contributed by atoms with Crippen LogP contribution < -0.4 is 0 Å². The lowest BCUT2D eigenvalue weighted by Crippen LogP contribution is -2.01. The summed E-state index contributed by atoms with van der Waals surface area (Å²) in [6.45, 7) is 4.60. The smallest absolute Gasteiger partial charge is 0.0228 e. The first kappa shape index (κ1) is 12.4. The molecule has 0 amide bonds. The van der Waals surface area contributed by atoms with Gasteiger partial charge in [-0.1, -0.05) is 50.6 Å². The fraction of sp³-hybridized carbons (Fsp3) is 0.529. The second kappa shape index (κ2) is 6.05. The number of hydrogen-bond donors (Lipinski definition) is 0. The topological polar surface area (TPSA) is 0 Å². The Kier molecular flexibility index (Phi) is 4.42. The van der Waals surface area contributed by atoms with Crippen LogP contribution in [0.4, 0.5) is 0 Å². The summed E-state index contributed by atoms with van der Waals surface area (Å²) in [5, 5.41) is 0. The molecule has 92 valence electrons. The molecule has 0 radical (unpaired) electrons. The van der Waals surface area contributed by atoms with Crippen LogP contribution in [-0.4, -0.2) is 0 Å². The quantitative estimate of drug-likeness (QED) is 0.661. The summed E-state index contributed by atoms with van der Waals surface area (Å²) < 4.78 is 0. The first-order valence-electron chi connectivity index (χ1n) is 7.08. The van der Waals surface area contributed by atoms with Crippen LogP contribution in [0.3, 0.4) is 0 Å². The average molecular weight is 228 g/mol. The van der Waals surface area contributed by atoms with Crippen LogP contribution in [0.15, 0.2) is 30.3 Å². The van der Waals surface area contributed by atoms with Crippen molar-refractivity contribution in [3.63, 3.8) is 0 Å². The Morgan fingerprint density at radius 3 is 2.53 bits per heavy atom. The average Bonchev–Trinajstić information content (AvgIpc) is 2.38. The van der Waals surface area contributed by atoms with Crippen molar-refractivity contribution in [2.45, 2.75) is 52.4 Å². The summed E-state index contributed by atoms with van der Waals surface area (Å²) in [6, 6.07) is 9.24. The molecule has 0 aliphatic heterocycles. The van der Waals surface area contributed by atoms with Gasteiger partial charge in [-0.2, -0.15) is 0 Å². The van der Waals surface area contributed by atoms with E-state index in [0.717, 1.165) is 5.92 Å². The van der Waals surface area contributed by atoms with E-state index in [-0.39, 0.29) is 0 Å². The van der Waals surface area contributed by atoms with Crippen molar-refractivity contribution in [3.05, 3.63) is 41.5 Å². The summed E-state index contributed by atoms with van der Waals surface area (Å²) >= 11 is 0. The number of aryl methyl sites for hydroxylation is 1. The van der Waals surface area contributed by atoms with Gasteiger partial charge in [0.1, 0.15) is 0 Å². The van der Waals surface area contributed by atoms with E-state index in [2.05, 4.69) is 44.2 Å². The predicted octanol–water partition coefficient (Wildman–Crippen LogP) is 5.23. The largest absolute Gasteiger partial charge is 0.0805 e. The fourth-order valence-corrected chi connectivity index (χ4v) is 2.49. The number of unbranched alkanes of at least 4 members (excludes halogenated alkanes) is 1. The number of benzene rings is 1. The third-order valence-electron chi connectivity index (χ3n) is 3.82. The van der Waals surface area contributed by atoms with Gasteiger partial charge in [-0.05, 0) is 54.7 Å². The van der Waals surface area contributed by atoms with Crippen LogP contribution in [0, 0.1) is 5.92 Å². The highest BCUT2D eigenvalue weighted by Crippen LogP contribution is 2.29. The minimum atomic E-state index is 0.877. The van der Waals surface area contributed by atoms with E-state index in [9.17, 15) is 0 Å². The minimum absolute atomic E-state index is 0.877. The number of hydrogen-bond acceptors (Lipinski definition) is 0. The number of allylic oxidation sites excluding steroid dienone is 2. The molecule has 0 nitrogen and oxygen atoms in total. The van der Waals surface area contributed by atoms with E-state index in [0.29, 0.717) is 0 Å². The Morgan fingerprint density at radius 2 is 1.94 bits per heavy atom. The Labute approximate surface area is 106 Å². The third kappa shape index (κ3) is 3.46. The summed E-state index contributed by atoms with van der Waals surface area (Å²) in [5.41, 5.74) is 4.49. The Hall–Kier alpha value is -1.04. The third-order valence-corrected chi connectivity index (χ3v) is 3.82. The Balaban J connectivity index is 2.02. The Bertz CT molecular complexity index is 370. The number of rotatable bonds is 4. The van der Waals surface area contributed by atoms with E-state index in [1.165, 1.54) is 49.7 Å². The van der Waals surface area contributed by atoms with E-state index >= 15 is 0 Å². The highest BCUT2D eigenvalue weighted by Gasteiger charge is 2.11. The van der Waals surface area contributed by atoms with E-state index in [1.807, 2.05) is 0 Å². The van der Waals surface area contributed by atoms with Crippen molar-refractivity contribution in [1.29, 1.82) is 0 Å². The molecular weight excluding hydrogens is 204 g/mol. The van der Waals surface area contributed by atoms with E-state index in [4.69, 9.17) is 0 Å². The molecule has 1 atom stereocenters. The van der Waals surface area contributed by atoms with Crippen molar-refractivity contribution < 1.29 is 0 Å². The second-order valence-corrected chi connectivity index (χ2v) is 5.41. The fourth-order valence-electron chi connectivity index (χ4n) is 2.49. The molecule has 0 fully saturated rings. The van der Waals surface area contributed by atoms with Gasteiger partial charge < -0.3 is 0 Å². The first-order chi connectivity index (χ1) is 8.29. The van der Waals surface area contributed by atoms with Crippen LogP contribution in [0.5, 0.6) is 0 Å². The molecule has 0 bridgehead atoms. The zero-order valence-electron chi connectivity index (χ0n) is 11.2. The van der Waals surface area contributed by atoms with Crippen molar-refractivity contribution in [2.24, 2.45) is 5.92 Å². The molecule has 1 aliphatic rings. The lowest BCUT2D eigenvalue weighted by atomic mass is 9.87. The lowest BCUT2D eigenvalue weighted by molar-refractivity contribution is 0.534. The van der Waals surface area contributed by atoms with Crippen molar-refractivity contribution in [3.8, 4) is 0 Å². The molecular formula is C17H24. The standard InChI is InChI=1S/C17H24/c1-3-4-5-15-8-12-17(13-9-15)16-10-6-14(2)7-11-16/h8-10,12-14H,3-7,11H2,1-2H3. The van der Waals surface area contributed by atoms with Gasteiger partial charge in [0.15, 0.2) is 0 Å². The molecule has 2 rings (SSSR count). The maximum absolute atomic E-state index is 2.44. The first-order valence-corrected chi connectivity index (χ1v) is 7.08. The normalized spacial score (nSPS) is 20.1. The van der Waals surface area contributed by atoms with Gasteiger partial charge in [-0.3, -0.25) is 0 Å². The zero-order chi connectivity index (χ0) is 12.1. The molecule has 0 spiro atoms. The molecule has 1 unspecified atom stereocenters. The van der Waals surface area contributed by atoms with Crippen LogP contribution >= 0.6 is 0 Å². The Morgan fingerprint density at radius 1 is 1.18 bits per heavy atom. The lowest BCUT2D eigenvalue weighted by Gasteiger charge is -2.18. The van der Waals surface area contributed by atoms with Crippen LogP contribution in [0.2, 0.25) is 0 Å². The molecule has 0 saturated heterocycles. The van der Waals surface area contributed by atoms with Crippen molar-refractivity contribution >= 4 is 5.57 Å². The van der Waals surface area contributed by atoms with Gasteiger partial charge >= 0.3 is 0 Å². The SMILES string of the molecule is CCCCc1ccc(C2=CCC(C)CC2)cc1. The van der Waals surface area contributed by atoms with Crippen LogP contribution in [-0.2, 0) is 6.42 Å². The molecule has 1 aromatic carbocycles.